The Labute approximate surface area is 79.6 Å². The molecule has 2 rings (SSSR count). The Bertz CT molecular complexity index is 342. The van der Waals surface area contributed by atoms with E-state index in [1.165, 1.54) is 16.7 Å². The zero-order valence-corrected chi connectivity index (χ0v) is 7.96. The molecule has 0 unspecified atom stereocenters. The van der Waals surface area contributed by atoms with Gasteiger partial charge in [0, 0.05) is 0 Å². The summed E-state index contributed by atoms with van der Waals surface area (Å²) < 4.78 is 0. The molecular formula is C13H14. The summed E-state index contributed by atoms with van der Waals surface area (Å²) in [6.45, 7) is 2.22. The van der Waals surface area contributed by atoms with Crippen LogP contribution < -0.4 is 0 Å². The fourth-order valence-electron chi connectivity index (χ4n) is 1.82. The second-order valence-electron chi connectivity index (χ2n) is 3.33. The largest absolute Gasteiger partial charge is 0.0798 e. The summed E-state index contributed by atoms with van der Waals surface area (Å²) in [5.74, 6) is 0. The zero-order chi connectivity index (χ0) is 9.10. The molecule has 0 fully saturated rings. The third-order valence-electron chi connectivity index (χ3n) is 2.53. The van der Waals surface area contributed by atoms with Crippen LogP contribution in [0, 0.1) is 0 Å². The van der Waals surface area contributed by atoms with Gasteiger partial charge in [-0.3, -0.25) is 0 Å². The van der Waals surface area contributed by atoms with Gasteiger partial charge >= 0.3 is 0 Å². The highest BCUT2D eigenvalue weighted by atomic mass is 14.1. The Morgan fingerprint density at radius 3 is 2.62 bits per heavy atom. The Balaban J connectivity index is 2.38. The number of benzene rings is 1. The molecule has 0 aliphatic heterocycles. The van der Waals surface area contributed by atoms with Crippen LogP contribution in [0.15, 0.2) is 48.1 Å². The number of hydrogen-bond acceptors (Lipinski definition) is 0. The SMILES string of the molecule is CCC1=C(c2ccccc2)CC=C1. The first-order valence-corrected chi connectivity index (χ1v) is 4.86. The third-order valence-corrected chi connectivity index (χ3v) is 2.53. The van der Waals surface area contributed by atoms with E-state index >= 15 is 0 Å². The molecule has 66 valence electrons. The minimum Gasteiger partial charge on any atom is -0.0798 e. The van der Waals surface area contributed by atoms with Gasteiger partial charge in [0.2, 0.25) is 0 Å². The van der Waals surface area contributed by atoms with E-state index in [-0.39, 0.29) is 0 Å². The van der Waals surface area contributed by atoms with Gasteiger partial charge in [0.25, 0.3) is 0 Å². The minimum absolute atomic E-state index is 1.10. The van der Waals surface area contributed by atoms with Crippen LogP contribution in [0.1, 0.15) is 25.3 Å². The van der Waals surface area contributed by atoms with Gasteiger partial charge in [0.05, 0.1) is 0 Å². The van der Waals surface area contributed by atoms with Crippen molar-refractivity contribution in [1.29, 1.82) is 0 Å². The van der Waals surface area contributed by atoms with Gasteiger partial charge in [-0.05, 0) is 29.6 Å². The molecular weight excluding hydrogens is 156 g/mol. The Kier molecular flexibility index (Phi) is 2.31. The van der Waals surface area contributed by atoms with E-state index < -0.39 is 0 Å². The van der Waals surface area contributed by atoms with Crippen molar-refractivity contribution in [3.63, 3.8) is 0 Å². The number of hydrogen-bond donors (Lipinski definition) is 0. The van der Waals surface area contributed by atoms with Crippen molar-refractivity contribution < 1.29 is 0 Å². The summed E-state index contributed by atoms with van der Waals surface area (Å²) in [5, 5.41) is 0. The smallest absolute Gasteiger partial charge is 0.00856 e. The van der Waals surface area contributed by atoms with Gasteiger partial charge < -0.3 is 0 Å². The minimum atomic E-state index is 1.10. The summed E-state index contributed by atoms with van der Waals surface area (Å²) in [6.07, 6.45) is 6.75. The molecule has 0 nitrogen and oxygen atoms in total. The quantitative estimate of drug-likeness (QED) is 0.633. The predicted octanol–water partition coefficient (Wildman–Crippen LogP) is 3.81. The van der Waals surface area contributed by atoms with Gasteiger partial charge in [0.1, 0.15) is 0 Å². The molecule has 13 heavy (non-hydrogen) atoms. The zero-order valence-electron chi connectivity index (χ0n) is 7.96. The van der Waals surface area contributed by atoms with Crippen molar-refractivity contribution in [2.24, 2.45) is 0 Å². The summed E-state index contributed by atoms with van der Waals surface area (Å²) in [4.78, 5) is 0. The monoisotopic (exact) mass is 170 g/mol. The molecule has 1 aromatic carbocycles. The second-order valence-corrected chi connectivity index (χ2v) is 3.33. The first kappa shape index (κ1) is 8.31. The van der Waals surface area contributed by atoms with E-state index in [9.17, 15) is 0 Å². The number of rotatable bonds is 2. The second kappa shape index (κ2) is 3.61. The molecule has 1 aliphatic rings. The van der Waals surface area contributed by atoms with Crippen LogP contribution >= 0.6 is 0 Å². The van der Waals surface area contributed by atoms with Crippen LogP contribution in [-0.4, -0.2) is 0 Å². The molecule has 1 aromatic rings. The molecule has 1 aliphatic carbocycles. The van der Waals surface area contributed by atoms with E-state index in [0.717, 1.165) is 12.8 Å². The van der Waals surface area contributed by atoms with E-state index in [2.05, 4.69) is 49.4 Å². The molecule has 0 amide bonds. The van der Waals surface area contributed by atoms with Crippen LogP contribution in [-0.2, 0) is 0 Å². The summed E-state index contributed by atoms with van der Waals surface area (Å²) in [7, 11) is 0. The molecule has 0 bridgehead atoms. The highest BCUT2D eigenvalue weighted by Gasteiger charge is 2.08. The van der Waals surface area contributed by atoms with E-state index in [1.807, 2.05) is 0 Å². The molecule has 0 saturated carbocycles. The fourth-order valence-corrected chi connectivity index (χ4v) is 1.82. The molecule has 0 atom stereocenters. The van der Waals surface area contributed by atoms with Gasteiger partial charge in [-0.2, -0.15) is 0 Å². The predicted molar refractivity (Wildman–Crippen MR) is 57.4 cm³/mol. The highest BCUT2D eigenvalue weighted by Crippen LogP contribution is 2.29. The molecule has 0 heteroatoms. The lowest BCUT2D eigenvalue weighted by molar-refractivity contribution is 1.16. The maximum absolute atomic E-state index is 2.25. The van der Waals surface area contributed by atoms with Gasteiger partial charge in [-0.25, -0.2) is 0 Å². The van der Waals surface area contributed by atoms with E-state index in [1.54, 1.807) is 0 Å². The molecule has 0 radical (unpaired) electrons. The average Bonchev–Trinajstić information content (AvgIpc) is 2.67. The summed E-state index contributed by atoms with van der Waals surface area (Å²) >= 11 is 0. The summed E-state index contributed by atoms with van der Waals surface area (Å²) in [5.41, 5.74) is 4.37. The summed E-state index contributed by atoms with van der Waals surface area (Å²) in [6, 6.07) is 10.7. The average molecular weight is 170 g/mol. The Morgan fingerprint density at radius 2 is 1.92 bits per heavy atom. The standard InChI is InChI=1S/C13H14/c1-2-11-9-6-10-13(11)12-7-4-3-5-8-12/h3-9H,2,10H2,1H3. The van der Waals surface area contributed by atoms with Crippen molar-refractivity contribution in [1.82, 2.24) is 0 Å². The first-order chi connectivity index (χ1) is 6.42. The van der Waals surface area contributed by atoms with Crippen LogP contribution in [0.2, 0.25) is 0 Å². The lowest BCUT2D eigenvalue weighted by Crippen LogP contribution is -1.83. The van der Waals surface area contributed by atoms with E-state index in [4.69, 9.17) is 0 Å². The molecule has 0 N–H and O–H groups in total. The van der Waals surface area contributed by atoms with E-state index in [0.29, 0.717) is 0 Å². The topological polar surface area (TPSA) is 0 Å². The Morgan fingerprint density at radius 1 is 1.15 bits per heavy atom. The normalized spacial score (nSPS) is 15.5. The highest BCUT2D eigenvalue weighted by molar-refractivity contribution is 5.74. The van der Waals surface area contributed by atoms with Crippen molar-refractivity contribution in [2.75, 3.05) is 0 Å². The van der Waals surface area contributed by atoms with Crippen molar-refractivity contribution in [3.05, 3.63) is 53.6 Å². The van der Waals surface area contributed by atoms with Crippen molar-refractivity contribution in [2.45, 2.75) is 19.8 Å². The van der Waals surface area contributed by atoms with Crippen LogP contribution in [0.5, 0.6) is 0 Å². The molecule has 0 spiro atoms. The molecule has 0 saturated heterocycles. The maximum atomic E-state index is 2.25. The van der Waals surface area contributed by atoms with Crippen LogP contribution in [0.25, 0.3) is 5.57 Å². The Hall–Kier alpha value is -1.30. The lowest BCUT2D eigenvalue weighted by Gasteiger charge is -2.04. The first-order valence-electron chi connectivity index (χ1n) is 4.86. The van der Waals surface area contributed by atoms with Gasteiger partial charge in [-0.15, -0.1) is 0 Å². The molecule has 0 aromatic heterocycles. The maximum Gasteiger partial charge on any atom is -0.00856 e. The van der Waals surface area contributed by atoms with Gasteiger partial charge in [0.15, 0.2) is 0 Å². The fraction of sp³-hybridized carbons (Fsp3) is 0.231. The lowest BCUT2D eigenvalue weighted by atomic mass is 10.0. The third kappa shape index (κ3) is 1.57. The van der Waals surface area contributed by atoms with Crippen LogP contribution in [0.3, 0.4) is 0 Å². The number of allylic oxidation sites excluding steroid dienone is 4. The van der Waals surface area contributed by atoms with Crippen molar-refractivity contribution >= 4 is 5.57 Å². The van der Waals surface area contributed by atoms with Gasteiger partial charge in [-0.1, -0.05) is 49.4 Å². The van der Waals surface area contributed by atoms with Crippen molar-refractivity contribution in [3.8, 4) is 0 Å². The molecule has 0 heterocycles. The van der Waals surface area contributed by atoms with Crippen LogP contribution in [0.4, 0.5) is 0 Å².